The number of hydrogen-bond donors (Lipinski definition) is 3. The molecule has 0 saturated heterocycles. The van der Waals surface area contributed by atoms with Gasteiger partial charge in [-0.15, -0.1) is 12.4 Å². The molecule has 0 saturated carbocycles. The monoisotopic (exact) mass is 360 g/mol. The standard InChI is InChI=1S/C15H21FN4O3.ClH/c1-2-20(15(23)9-19-13(21)7-17)10-14(22)18-8-11-3-5-12(16)6-4-11;/h3-6H,2,7-10,17H2,1H3,(H,18,22)(H,19,21);1H. The van der Waals surface area contributed by atoms with Crippen molar-refractivity contribution in [3.05, 3.63) is 35.6 Å². The molecular formula is C15H22ClFN4O3. The molecule has 0 fully saturated rings. The van der Waals surface area contributed by atoms with Gasteiger partial charge in [-0.2, -0.15) is 0 Å². The van der Waals surface area contributed by atoms with E-state index in [1.807, 2.05) is 0 Å². The number of carbonyl (C=O) groups is 3. The smallest absolute Gasteiger partial charge is 0.242 e. The maximum atomic E-state index is 12.8. The Balaban J connectivity index is 0.00000529. The van der Waals surface area contributed by atoms with Gasteiger partial charge in [-0.05, 0) is 24.6 Å². The molecule has 0 aliphatic rings. The highest BCUT2D eigenvalue weighted by Gasteiger charge is 2.15. The van der Waals surface area contributed by atoms with Crippen LogP contribution in [0.5, 0.6) is 0 Å². The third-order valence-corrected chi connectivity index (χ3v) is 3.09. The highest BCUT2D eigenvalue weighted by Crippen LogP contribution is 2.02. The molecule has 0 unspecified atom stereocenters. The van der Waals surface area contributed by atoms with Gasteiger partial charge >= 0.3 is 0 Å². The largest absolute Gasteiger partial charge is 0.350 e. The first-order valence-electron chi connectivity index (χ1n) is 7.22. The van der Waals surface area contributed by atoms with Gasteiger partial charge in [-0.3, -0.25) is 14.4 Å². The summed E-state index contributed by atoms with van der Waals surface area (Å²) in [5.74, 6) is -1.49. The second-order valence-corrected chi connectivity index (χ2v) is 4.79. The molecule has 9 heteroatoms. The predicted octanol–water partition coefficient (Wildman–Crippen LogP) is -0.213. The number of rotatable bonds is 8. The highest BCUT2D eigenvalue weighted by molar-refractivity contribution is 5.88. The summed E-state index contributed by atoms with van der Waals surface area (Å²) in [5.41, 5.74) is 5.88. The molecule has 3 amide bonds. The second-order valence-electron chi connectivity index (χ2n) is 4.79. The van der Waals surface area contributed by atoms with Crippen LogP contribution in [0, 0.1) is 5.82 Å². The Hall–Kier alpha value is -2.19. The van der Waals surface area contributed by atoms with Crippen molar-refractivity contribution >= 4 is 30.1 Å². The van der Waals surface area contributed by atoms with Crippen molar-refractivity contribution in [3.63, 3.8) is 0 Å². The molecule has 0 atom stereocenters. The van der Waals surface area contributed by atoms with Crippen LogP contribution in [-0.4, -0.2) is 48.8 Å². The van der Waals surface area contributed by atoms with Crippen LogP contribution in [0.3, 0.4) is 0 Å². The maximum absolute atomic E-state index is 12.8. The van der Waals surface area contributed by atoms with Gasteiger partial charge in [0.2, 0.25) is 17.7 Å². The Morgan fingerprint density at radius 3 is 2.29 bits per heavy atom. The number of halogens is 2. The normalized spacial score (nSPS) is 9.62. The number of nitrogens with zero attached hydrogens (tertiary/aromatic N) is 1. The van der Waals surface area contributed by atoms with Gasteiger partial charge in [0, 0.05) is 13.1 Å². The van der Waals surface area contributed by atoms with Crippen molar-refractivity contribution in [2.75, 3.05) is 26.2 Å². The van der Waals surface area contributed by atoms with Crippen LogP contribution in [-0.2, 0) is 20.9 Å². The van der Waals surface area contributed by atoms with E-state index in [4.69, 9.17) is 5.73 Å². The van der Waals surface area contributed by atoms with E-state index < -0.39 is 5.91 Å². The van der Waals surface area contributed by atoms with Gasteiger partial charge in [-0.1, -0.05) is 12.1 Å². The van der Waals surface area contributed by atoms with E-state index in [9.17, 15) is 18.8 Å². The quantitative estimate of drug-likeness (QED) is 0.596. The van der Waals surface area contributed by atoms with E-state index in [0.29, 0.717) is 6.54 Å². The van der Waals surface area contributed by atoms with Crippen LogP contribution in [0.1, 0.15) is 12.5 Å². The first-order valence-corrected chi connectivity index (χ1v) is 7.22. The maximum Gasteiger partial charge on any atom is 0.242 e. The lowest BCUT2D eigenvalue weighted by Crippen LogP contribution is -2.45. The molecule has 0 aromatic heterocycles. The van der Waals surface area contributed by atoms with Crippen molar-refractivity contribution in [2.24, 2.45) is 5.73 Å². The van der Waals surface area contributed by atoms with Crippen LogP contribution in [0.15, 0.2) is 24.3 Å². The number of hydrogen-bond acceptors (Lipinski definition) is 4. The zero-order valence-corrected chi connectivity index (χ0v) is 14.2. The summed E-state index contributed by atoms with van der Waals surface area (Å²) in [7, 11) is 0. The molecule has 24 heavy (non-hydrogen) atoms. The summed E-state index contributed by atoms with van der Waals surface area (Å²) in [4.78, 5) is 36.1. The van der Waals surface area contributed by atoms with Gasteiger partial charge in [-0.25, -0.2) is 4.39 Å². The Kier molecular flexibility index (Phi) is 10.3. The number of benzene rings is 1. The van der Waals surface area contributed by atoms with Crippen molar-refractivity contribution in [3.8, 4) is 0 Å². The molecule has 0 heterocycles. The molecule has 1 aromatic rings. The molecule has 0 radical (unpaired) electrons. The lowest BCUT2D eigenvalue weighted by molar-refractivity contribution is -0.136. The van der Waals surface area contributed by atoms with E-state index >= 15 is 0 Å². The van der Waals surface area contributed by atoms with Crippen molar-refractivity contribution in [2.45, 2.75) is 13.5 Å². The van der Waals surface area contributed by atoms with E-state index in [2.05, 4.69) is 10.6 Å². The van der Waals surface area contributed by atoms with Crippen molar-refractivity contribution < 1.29 is 18.8 Å². The summed E-state index contributed by atoms with van der Waals surface area (Å²) in [6.45, 7) is 1.80. The summed E-state index contributed by atoms with van der Waals surface area (Å²) in [6.07, 6.45) is 0. The Bertz CT molecular complexity index is 554. The summed E-state index contributed by atoms with van der Waals surface area (Å²) >= 11 is 0. The van der Waals surface area contributed by atoms with Crippen molar-refractivity contribution in [1.29, 1.82) is 0 Å². The van der Waals surface area contributed by atoms with Gasteiger partial charge in [0.15, 0.2) is 0 Å². The Morgan fingerprint density at radius 1 is 1.12 bits per heavy atom. The van der Waals surface area contributed by atoms with Gasteiger partial charge in [0.25, 0.3) is 0 Å². The molecule has 134 valence electrons. The summed E-state index contributed by atoms with van der Waals surface area (Å²) in [6, 6.07) is 5.76. The topological polar surface area (TPSA) is 105 Å². The average Bonchev–Trinajstić information content (AvgIpc) is 2.56. The lowest BCUT2D eigenvalue weighted by Gasteiger charge is -2.20. The minimum Gasteiger partial charge on any atom is -0.350 e. The molecule has 0 aliphatic heterocycles. The third kappa shape index (κ3) is 7.89. The van der Waals surface area contributed by atoms with Gasteiger partial charge < -0.3 is 21.3 Å². The SMILES string of the molecule is CCN(CC(=O)NCc1ccc(F)cc1)C(=O)CNC(=O)CN.Cl. The number of nitrogens with one attached hydrogen (secondary N) is 2. The third-order valence-electron chi connectivity index (χ3n) is 3.09. The first-order chi connectivity index (χ1) is 11.0. The minimum absolute atomic E-state index is 0. The Labute approximate surface area is 146 Å². The molecular weight excluding hydrogens is 339 g/mol. The second kappa shape index (κ2) is 11.4. The molecule has 4 N–H and O–H groups in total. The van der Waals surface area contributed by atoms with E-state index in [-0.39, 0.29) is 56.2 Å². The number of nitrogens with two attached hydrogens (primary N) is 1. The number of amides is 3. The average molecular weight is 361 g/mol. The van der Waals surface area contributed by atoms with Gasteiger partial charge in [0.1, 0.15) is 5.82 Å². The molecule has 1 rings (SSSR count). The number of likely N-dealkylation sites (N-methyl/N-ethyl adjacent to an activating group) is 1. The molecule has 7 nitrogen and oxygen atoms in total. The first kappa shape index (κ1) is 21.8. The van der Waals surface area contributed by atoms with E-state index in [1.165, 1.54) is 17.0 Å². The predicted molar refractivity (Wildman–Crippen MR) is 89.8 cm³/mol. The van der Waals surface area contributed by atoms with Crippen LogP contribution < -0.4 is 16.4 Å². The van der Waals surface area contributed by atoms with E-state index in [1.54, 1.807) is 19.1 Å². The molecule has 0 aliphatic carbocycles. The van der Waals surface area contributed by atoms with Gasteiger partial charge in [0.05, 0.1) is 19.6 Å². The zero-order chi connectivity index (χ0) is 17.2. The van der Waals surface area contributed by atoms with E-state index in [0.717, 1.165) is 5.56 Å². The van der Waals surface area contributed by atoms with Crippen LogP contribution in [0.4, 0.5) is 4.39 Å². The summed E-state index contributed by atoms with van der Waals surface area (Å²) < 4.78 is 12.8. The zero-order valence-electron chi connectivity index (χ0n) is 13.4. The van der Waals surface area contributed by atoms with Crippen LogP contribution in [0.25, 0.3) is 0 Å². The highest BCUT2D eigenvalue weighted by atomic mass is 35.5. The Morgan fingerprint density at radius 2 is 1.75 bits per heavy atom. The fourth-order valence-corrected chi connectivity index (χ4v) is 1.77. The molecule has 0 bridgehead atoms. The van der Waals surface area contributed by atoms with Crippen molar-refractivity contribution in [1.82, 2.24) is 15.5 Å². The molecule has 0 spiro atoms. The fraction of sp³-hybridized carbons (Fsp3) is 0.400. The van der Waals surface area contributed by atoms with Crippen LogP contribution >= 0.6 is 12.4 Å². The molecule has 1 aromatic carbocycles. The minimum atomic E-state index is -0.435. The summed E-state index contributed by atoms with van der Waals surface area (Å²) in [5, 5.41) is 5.01. The van der Waals surface area contributed by atoms with Crippen LogP contribution in [0.2, 0.25) is 0 Å². The fourth-order valence-electron chi connectivity index (χ4n) is 1.77. The number of carbonyl (C=O) groups excluding carboxylic acids is 3. The lowest BCUT2D eigenvalue weighted by atomic mass is 10.2.